The molecule has 10 heteroatoms. The molecule has 0 aliphatic heterocycles. The van der Waals surface area contributed by atoms with Crippen LogP contribution in [0.1, 0.15) is 10.4 Å². The van der Waals surface area contributed by atoms with E-state index in [9.17, 15) is 17.6 Å². The molecule has 0 aliphatic carbocycles. The van der Waals surface area contributed by atoms with Crippen LogP contribution in [0.3, 0.4) is 0 Å². The minimum absolute atomic E-state index is 0.0372. The fourth-order valence-corrected chi connectivity index (χ4v) is 3.16. The van der Waals surface area contributed by atoms with Gasteiger partial charge in [-0.3, -0.25) is 15.6 Å². The Bertz CT molecular complexity index is 964. The van der Waals surface area contributed by atoms with Crippen LogP contribution in [0, 0.1) is 5.82 Å². The number of rotatable bonds is 6. The van der Waals surface area contributed by atoms with Crippen LogP contribution in [-0.4, -0.2) is 26.0 Å². The van der Waals surface area contributed by atoms with Crippen molar-refractivity contribution in [1.82, 2.24) is 15.6 Å². The predicted octanol–water partition coefficient (Wildman–Crippen LogP) is 1.92. The van der Waals surface area contributed by atoms with Gasteiger partial charge in [0.2, 0.25) is 10.0 Å². The second-order valence-electron chi connectivity index (χ2n) is 5.18. The molecule has 0 aliphatic rings. The lowest BCUT2D eigenvalue weighted by atomic mass is 10.2. The number of anilines is 1. The number of benzene rings is 2. The number of sulfonamides is 1. The van der Waals surface area contributed by atoms with E-state index < -0.39 is 21.7 Å². The van der Waals surface area contributed by atoms with Gasteiger partial charge in [-0.15, -0.1) is 6.58 Å². The molecule has 0 atom stereocenters. The molecule has 0 radical (unpaired) electrons. The van der Waals surface area contributed by atoms with Crippen LogP contribution >= 0.6 is 12.2 Å². The van der Waals surface area contributed by atoms with Crippen LogP contribution in [-0.2, 0) is 10.0 Å². The zero-order chi connectivity index (χ0) is 19.9. The average molecular weight is 408 g/mol. The Hall–Kier alpha value is -2.82. The number of nitrogens with one attached hydrogen (secondary N) is 4. The van der Waals surface area contributed by atoms with Crippen LogP contribution in [0.2, 0.25) is 0 Å². The Balaban J connectivity index is 2.00. The Kier molecular flexibility index (Phi) is 6.99. The summed E-state index contributed by atoms with van der Waals surface area (Å²) >= 11 is 4.98. The zero-order valence-electron chi connectivity index (χ0n) is 14.0. The van der Waals surface area contributed by atoms with Crippen molar-refractivity contribution in [2.75, 3.05) is 11.9 Å². The van der Waals surface area contributed by atoms with Crippen molar-refractivity contribution in [3.05, 3.63) is 72.6 Å². The van der Waals surface area contributed by atoms with Gasteiger partial charge in [-0.25, -0.2) is 17.5 Å². The number of hydrazine groups is 1. The van der Waals surface area contributed by atoms with Crippen molar-refractivity contribution < 1.29 is 17.6 Å². The molecule has 142 valence electrons. The number of carbonyl (C=O) groups excluding carboxylic acids is 1. The van der Waals surface area contributed by atoms with Crippen molar-refractivity contribution in [2.45, 2.75) is 4.90 Å². The predicted molar refractivity (Wildman–Crippen MR) is 105 cm³/mol. The van der Waals surface area contributed by atoms with Crippen molar-refractivity contribution in [1.29, 1.82) is 0 Å². The summed E-state index contributed by atoms with van der Waals surface area (Å²) in [6.07, 6.45) is 1.40. The minimum atomic E-state index is -3.76. The lowest BCUT2D eigenvalue weighted by Crippen LogP contribution is -2.43. The van der Waals surface area contributed by atoms with Crippen LogP contribution in [0.15, 0.2) is 66.1 Å². The maximum Gasteiger partial charge on any atom is 0.269 e. The molecule has 1 amide bonds. The molecule has 0 fully saturated rings. The normalized spacial score (nSPS) is 10.7. The van der Waals surface area contributed by atoms with Crippen LogP contribution in [0.4, 0.5) is 10.1 Å². The van der Waals surface area contributed by atoms with Gasteiger partial charge in [-0.1, -0.05) is 24.3 Å². The standard InChI is InChI=1S/C17H17FN4O3S2/c1-2-10-19-27(24,25)13-7-5-6-12(11-13)16(23)21-22-17(26)20-15-9-4-3-8-14(15)18/h2-9,11,19H,1,10H2,(H,21,23)(H2,20,22,26). The molecule has 7 nitrogen and oxygen atoms in total. The number of thiocarbonyl (C=S) groups is 1. The molecule has 0 unspecified atom stereocenters. The van der Waals surface area contributed by atoms with E-state index in [1.54, 1.807) is 6.07 Å². The number of hydrogen-bond donors (Lipinski definition) is 4. The first-order valence-corrected chi connectivity index (χ1v) is 9.55. The molecule has 0 heterocycles. The molecule has 0 spiro atoms. The minimum Gasteiger partial charge on any atom is -0.329 e. The Morgan fingerprint density at radius 1 is 1.15 bits per heavy atom. The summed E-state index contributed by atoms with van der Waals surface area (Å²) < 4.78 is 40.1. The smallest absolute Gasteiger partial charge is 0.269 e. The number of hydrogen-bond acceptors (Lipinski definition) is 4. The molecule has 0 bridgehead atoms. The lowest BCUT2D eigenvalue weighted by molar-refractivity contribution is 0.0944. The van der Waals surface area contributed by atoms with Crippen LogP contribution in [0.5, 0.6) is 0 Å². The van der Waals surface area contributed by atoms with Gasteiger partial charge in [0.15, 0.2) is 5.11 Å². The highest BCUT2D eigenvalue weighted by Gasteiger charge is 2.15. The Morgan fingerprint density at radius 2 is 1.89 bits per heavy atom. The zero-order valence-corrected chi connectivity index (χ0v) is 15.7. The monoisotopic (exact) mass is 408 g/mol. The number of para-hydroxylation sites is 1. The number of halogens is 1. The molecular weight excluding hydrogens is 391 g/mol. The fourth-order valence-electron chi connectivity index (χ4n) is 1.96. The summed E-state index contributed by atoms with van der Waals surface area (Å²) in [6.45, 7) is 3.50. The van der Waals surface area contributed by atoms with E-state index in [1.165, 1.54) is 48.5 Å². The summed E-state index contributed by atoms with van der Waals surface area (Å²) in [4.78, 5) is 12.1. The molecule has 2 aromatic carbocycles. The van der Waals surface area contributed by atoms with E-state index in [0.29, 0.717) is 0 Å². The van der Waals surface area contributed by atoms with Gasteiger partial charge in [0.1, 0.15) is 5.82 Å². The summed E-state index contributed by atoms with van der Waals surface area (Å²) in [5.74, 6) is -1.12. The maximum atomic E-state index is 13.6. The van der Waals surface area contributed by atoms with Gasteiger partial charge in [-0.2, -0.15) is 0 Å². The topological polar surface area (TPSA) is 99.3 Å². The molecule has 27 heavy (non-hydrogen) atoms. The van der Waals surface area contributed by atoms with Gasteiger partial charge in [0, 0.05) is 12.1 Å². The number of carbonyl (C=O) groups is 1. The third-order valence-corrected chi connectivity index (χ3v) is 4.86. The Labute approximate surface area is 161 Å². The summed E-state index contributed by atoms with van der Waals surface area (Å²) in [7, 11) is -3.76. The molecule has 0 saturated heterocycles. The number of amides is 1. The van der Waals surface area contributed by atoms with E-state index >= 15 is 0 Å². The molecule has 2 rings (SSSR count). The van der Waals surface area contributed by atoms with Crippen LogP contribution < -0.4 is 20.9 Å². The maximum absolute atomic E-state index is 13.6. The molecule has 2 aromatic rings. The van der Waals surface area contributed by atoms with Gasteiger partial charge in [0.25, 0.3) is 5.91 Å². The summed E-state index contributed by atoms with van der Waals surface area (Å²) in [5.41, 5.74) is 4.98. The van der Waals surface area contributed by atoms with Gasteiger partial charge in [0.05, 0.1) is 10.6 Å². The molecule has 0 saturated carbocycles. The van der Waals surface area contributed by atoms with Crippen molar-refractivity contribution in [2.24, 2.45) is 0 Å². The highest BCUT2D eigenvalue weighted by molar-refractivity contribution is 7.89. The first-order valence-electron chi connectivity index (χ1n) is 7.66. The molecule has 4 N–H and O–H groups in total. The second-order valence-corrected chi connectivity index (χ2v) is 7.36. The van der Waals surface area contributed by atoms with Gasteiger partial charge < -0.3 is 5.32 Å². The SMILES string of the molecule is C=CCNS(=O)(=O)c1cccc(C(=O)NNC(=S)Nc2ccccc2F)c1. The third kappa shape index (κ3) is 5.84. The van der Waals surface area contributed by atoms with Crippen LogP contribution in [0.25, 0.3) is 0 Å². The van der Waals surface area contributed by atoms with E-state index in [1.807, 2.05) is 0 Å². The molecule has 0 aromatic heterocycles. The van der Waals surface area contributed by atoms with Crippen molar-refractivity contribution in [3.63, 3.8) is 0 Å². The summed E-state index contributed by atoms with van der Waals surface area (Å²) in [6, 6.07) is 11.4. The van der Waals surface area contributed by atoms with Gasteiger partial charge in [-0.05, 0) is 42.5 Å². The highest BCUT2D eigenvalue weighted by atomic mass is 32.2. The Morgan fingerprint density at radius 3 is 2.59 bits per heavy atom. The quantitative estimate of drug-likeness (QED) is 0.331. The van der Waals surface area contributed by atoms with E-state index in [4.69, 9.17) is 12.2 Å². The van der Waals surface area contributed by atoms with E-state index in [2.05, 4.69) is 27.5 Å². The molecular formula is C17H17FN4O3S2. The third-order valence-electron chi connectivity index (χ3n) is 3.24. The average Bonchev–Trinajstić information content (AvgIpc) is 2.66. The first kappa shape index (κ1) is 20.5. The fraction of sp³-hybridized carbons (Fsp3) is 0.0588. The second kappa shape index (κ2) is 9.21. The highest BCUT2D eigenvalue weighted by Crippen LogP contribution is 2.12. The summed E-state index contributed by atoms with van der Waals surface area (Å²) in [5, 5.41) is 2.55. The van der Waals surface area contributed by atoms with Gasteiger partial charge >= 0.3 is 0 Å². The largest absolute Gasteiger partial charge is 0.329 e. The van der Waals surface area contributed by atoms with Crippen molar-refractivity contribution >= 4 is 38.9 Å². The van der Waals surface area contributed by atoms with E-state index in [-0.39, 0.29) is 27.8 Å². The lowest BCUT2D eigenvalue weighted by Gasteiger charge is -2.12. The van der Waals surface area contributed by atoms with E-state index in [0.717, 1.165) is 0 Å². The first-order chi connectivity index (χ1) is 12.8. The van der Waals surface area contributed by atoms with Crippen molar-refractivity contribution in [3.8, 4) is 0 Å².